The van der Waals surface area contributed by atoms with Crippen molar-refractivity contribution in [3.8, 4) is 0 Å². The molecule has 0 amide bonds. The van der Waals surface area contributed by atoms with Gasteiger partial charge in [-0.2, -0.15) is 0 Å². The smallest absolute Gasteiger partial charge is 0.131 e. The number of anilines is 1. The molecule has 19 heavy (non-hydrogen) atoms. The van der Waals surface area contributed by atoms with Gasteiger partial charge in [0.1, 0.15) is 5.15 Å². The molecule has 1 aromatic rings. The molecule has 1 fully saturated rings. The number of nitrogens with one attached hydrogen (secondary N) is 1. The van der Waals surface area contributed by atoms with Gasteiger partial charge in [-0.05, 0) is 45.0 Å². The topological polar surface area (TPSA) is 28.2 Å². The number of hydrogen-bond acceptors (Lipinski definition) is 3. The molecule has 0 saturated heterocycles. The van der Waals surface area contributed by atoms with E-state index in [4.69, 9.17) is 11.6 Å². The molecule has 1 aromatic heterocycles. The molecular formula is C15H24ClN3. The molecule has 2 atom stereocenters. The van der Waals surface area contributed by atoms with Crippen LogP contribution in [0.15, 0.2) is 18.3 Å². The summed E-state index contributed by atoms with van der Waals surface area (Å²) in [5, 5.41) is 4.07. The third-order valence-electron chi connectivity index (χ3n) is 4.36. The van der Waals surface area contributed by atoms with Crippen LogP contribution in [0.25, 0.3) is 0 Å². The first-order valence-electron chi connectivity index (χ1n) is 7.05. The number of nitrogens with zero attached hydrogens (tertiary/aromatic N) is 2. The molecule has 2 rings (SSSR count). The maximum Gasteiger partial charge on any atom is 0.131 e. The molecule has 0 bridgehead atoms. The minimum Gasteiger partial charge on any atom is -0.383 e. The van der Waals surface area contributed by atoms with Crippen LogP contribution in [0.3, 0.4) is 0 Å². The summed E-state index contributed by atoms with van der Waals surface area (Å²) in [6, 6.07) is 3.86. The number of aromatic nitrogens is 1. The lowest BCUT2D eigenvalue weighted by molar-refractivity contribution is 0.0882. The largest absolute Gasteiger partial charge is 0.383 e. The Morgan fingerprint density at radius 2 is 2.32 bits per heavy atom. The number of halogens is 1. The highest BCUT2D eigenvalue weighted by molar-refractivity contribution is 6.29. The van der Waals surface area contributed by atoms with Crippen molar-refractivity contribution < 1.29 is 0 Å². The molecule has 1 aliphatic rings. The van der Waals surface area contributed by atoms with Crippen LogP contribution in [0.4, 0.5) is 5.69 Å². The molecule has 4 heteroatoms. The van der Waals surface area contributed by atoms with Gasteiger partial charge in [-0.25, -0.2) is 4.98 Å². The summed E-state index contributed by atoms with van der Waals surface area (Å²) in [5.74, 6) is 0.805. The Balaban J connectivity index is 2.05. The van der Waals surface area contributed by atoms with Crippen LogP contribution in [-0.2, 0) is 0 Å². The van der Waals surface area contributed by atoms with Gasteiger partial charge in [-0.15, -0.1) is 0 Å². The van der Waals surface area contributed by atoms with E-state index < -0.39 is 0 Å². The third kappa shape index (κ3) is 3.61. The Bertz CT molecular complexity index is 422. The molecular weight excluding hydrogens is 258 g/mol. The zero-order chi connectivity index (χ0) is 13.9. The first-order valence-corrected chi connectivity index (χ1v) is 7.42. The lowest BCUT2D eigenvalue weighted by atomic mass is 9.75. The number of pyridine rings is 1. The Labute approximate surface area is 121 Å². The van der Waals surface area contributed by atoms with Crippen LogP contribution in [0.2, 0.25) is 5.15 Å². The van der Waals surface area contributed by atoms with E-state index in [2.05, 4.69) is 36.2 Å². The van der Waals surface area contributed by atoms with Crippen LogP contribution in [-0.4, -0.2) is 36.1 Å². The molecule has 0 aliphatic heterocycles. The number of likely N-dealkylation sites (N-methyl/N-ethyl adjacent to an activating group) is 1. The fourth-order valence-corrected chi connectivity index (χ4v) is 3.31. The second-order valence-electron chi connectivity index (χ2n) is 6.04. The van der Waals surface area contributed by atoms with Gasteiger partial charge in [0.25, 0.3) is 0 Å². The molecule has 0 radical (unpaired) electrons. The average Bonchev–Trinajstić information content (AvgIpc) is 2.36. The summed E-state index contributed by atoms with van der Waals surface area (Å²) in [6.45, 7) is 3.32. The minimum absolute atomic E-state index is 0.257. The second-order valence-corrected chi connectivity index (χ2v) is 6.43. The van der Waals surface area contributed by atoms with E-state index in [1.54, 1.807) is 6.20 Å². The van der Waals surface area contributed by atoms with Crippen molar-refractivity contribution in [2.45, 2.75) is 38.1 Å². The van der Waals surface area contributed by atoms with Crippen LogP contribution >= 0.6 is 11.6 Å². The van der Waals surface area contributed by atoms with Crippen LogP contribution in [0, 0.1) is 5.92 Å². The number of rotatable bonds is 4. The lowest BCUT2D eigenvalue weighted by Crippen LogP contribution is -2.52. The highest BCUT2D eigenvalue weighted by atomic mass is 35.5. The van der Waals surface area contributed by atoms with Gasteiger partial charge < -0.3 is 10.2 Å². The highest BCUT2D eigenvalue weighted by Gasteiger charge is 2.36. The molecule has 3 nitrogen and oxygen atoms in total. The van der Waals surface area contributed by atoms with E-state index >= 15 is 0 Å². The third-order valence-corrected chi connectivity index (χ3v) is 4.57. The van der Waals surface area contributed by atoms with E-state index in [1.807, 2.05) is 12.1 Å². The SMILES string of the molecule is CC1CCCC(CNc2ccnc(Cl)c2)(N(C)C)C1. The highest BCUT2D eigenvalue weighted by Crippen LogP contribution is 2.35. The van der Waals surface area contributed by atoms with E-state index in [0.717, 1.165) is 18.2 Å². The number of hydrogen-bond donors (Lipinski definition) is 1. The minimum atomic E-state index is 0.257. The van der Waals surface area contributed by atoms with Crippen molar-refractivity contribution in [1.82, 2.24) is 9.88 Å². The average molecular weight is 282 g/mol. The van der Waals surface area contributed by atoms with Crippen molar-refractivity contribution in [2.75, 3.05) is 26.0 Å². The Kier molecular flexibility index (Phi) is 4.69. The summed E-state index contributed by atoms with van der Waals surface area (Å²) < 4.78 is 0. The van der Waals surface area contributed by atoms with Crippen molar-refractivity contribution in [1.29, 1.82) is 0 Å². The van der Waals surface area contributed by atoms with Crippen molar-refractivity contribution in [3.05, 3.63) is 23.5 Å². The molecule has 0 spiro atoms. The summed E-state index contributed by atoms with van der Waals surface area (Å²) in [5.41, 5.74) is 1.31. The Morgan fingerprint density at radius 1 is 1.53 bits per heavy atom. The van der Waals surface area contributed by atoms with Gasteiger partial charge in [-0.3, -0.25) is 0 Å². The first-order chi connectivity index (χ1) is 9.02. The van der Waals surface area contributed by atoms with Gasteiger partial charge in [0.05, 0.1) is 0 Å². The van der Waals surface area contributed by atoms with Crippen molar-refractivity contribution in [3.63, 3.8) is 0 Å². The fourth-order valence-electron chi connectivity index (χ4n) is 3.14. The maximum absolute atomic E-state index is 5.93. The normalized spacial score (nSPS) is 27.5. The second kappa shape index (κ2) is 6.10. The van der Waals surface area contributed by atoms with Crippen molar-refractivity contribution in [2.24, 2.45) is 5.92 Å². The zero-order valence-corrected chi connectivity index (χ0v) is 12.9. The monoisotopic (exact) mass is 281 g/mol. The quantitative estimate of drug-likeness (QED) is 0.854. The molecule has 2 unspecified atom stereocenters. The van der Waals surface area contributed by atoms with Gasteiger partial charge in [0, 0.05) is 24.0 Å². The summed E-state index contributed by atoms with van der Waals surface area (Å²) in [6.07, 6.45) is 6.94. The Morgan fingerprint density at radius 3 is 2.95 bits per heavy atom. The van der Waals surface area contributed by atoms with E-state index in [-0.39, 0.29) is 5.54 Å². The fraction of sp³-hybridized carbons (Fsp3) is 0.667. The standard InChI is InChI=1S/C15H24ClN3/c1-12-5-4-7-15(10-12,19(2)3)11-18-13-6-8-17-14(16)9-13/h6,8-9,12H,4-5,7,10-11H2,1-3H3,(H,17,18). The maximum atomic E-state index is 5.93. The molecule has 1 aliphatic carbocycles. The van der Waals surface area contributed by atoms with E-state index in [9.17, 15) is 0 Å². The molecule has 1 heterocycles. The van der Waals surface area contributed by atoms with Gasteiger partial charge in [-0.1, -0.05) is 31.4 Å². The molecule has 106 valence electrons. The predicted molar refractivity (Wildman–Crippen MR) is 81.8 cm³/mol. The van der Waals surface area contributed by atoms with Gasteiger partial charge >= 0.3 is 0 Å². The lowest BCUT2D eigenvalue weighted by Gasteiger charge is -2.45. The predicted octanol–water partition coefficient (Wildman–Crippen LogP) is 3.66. The van der Waals surface area contributed by atoms with E-state index in [1.165, 1.54) is 25.7 Å². The van der Waals surface area contributed by atoms with Crippen molar-refractivity contribution >= 4 is 17.3 Å². The van der Waals surface area contributed by atoms with Crippen LogP contribution in [0.1, 0.15) is 32.6 Å². The first kappa shape index (κ1) is 14.6. The van der Waals surface area contributed by atoms with Crippen LogP contribution in [0.5, 0.6) is 0 Å². The summed E-state index contributed by atoms with van der Waals surface area (Å²) >= 11 is 5.93. The van der Waals surface area contributed by atoms with Crippen LogP contribution < -0.4 is 5.32 Å². The molecule has 0 aromatic carbocycles. The Hall–Kier alpha value is -0.800. The van der Waals surface area contributed by atoms with Gasteiger partial charge in [0.2, 0.25) is 0 Å². The molecule has 1 N–H and O–H groups in total. The summed E-state index contributed by atoms with van der Waals surface area (Å²) in [7, 11) is 4.39. The van der Waals surface area contributed by atoms with E-state index in [0.29, 0.717) is 5.15 Å². The summed E-state index contributed by atoms with van der Waals surface area (Å²) in [4.78, 5) is 6.40. The zero-order valence-electron chi connectivity index (χ0n) is 12.1. The van der Waals surface area contributed by atoms with Gasteiger partial charge in [0.15, 0.2) is 0 Å². The molecule has 1 saturated carbocycles.